The first-order chi connectivity index (χ1) is 33.0. The first kappa shape index (κ1) is 41.6. The number of hydrogen-bond acceptors (Lipinski definition) is 4. The van der Waals surface area contributed by atoms with Crippen molar-refractivity contribution >= 4 is 17.5 Å². The van der Waals surface area contributed by atoms with Gasteiger partial charge in [0.05, 0.1) is 11.1 Å². The van der Waals surface area contributed by atoms with Gasteiger partial charge < -0.3 is 0 Å². The highest BCUT2D eigenvalue weighted by molar-refractivity contribution is 6.02. The molecule has 1 spiro atoms. The molecule has 0 N–H and O–H groups in total. The van der Waals surface area contributed by atoms with Gasteiger partial charge in [-0.2, -0.15) is 0 Å². The van der Waals surface area contributed by atoms with Gasteiger partial charge in [-0.3, -0.25) is 4.99 Å². The summed E-state index contributed by atoms with van der Waals surface area (Å²) in [7, 11) is 0. The van der Waals surface area contributed by atoms with Crippen LogP contribution in [0.15, 0.2) is 211 Å². The van der Waals surface area contributed by atoms with E-state index in [1.807, 2.05) is 36.5 Å². The first-order valence-electron chi connectivity index (χ1n) is 23.5. The fourth-order valence-electron chi connectivity index (χ4n) is 10.5. The topological polar surface area (TPSA) is 51.0 Å². The number of nitrogens with zero attached hydrogens (tertiary/aromatic N) is 4. The lowest BCUT2D eigenvalue weighted by Crippen LogP contribution is -2.26. The molecule has 0 saturated carbocycles. The van der Waals surface area contributed by atoms with E-state index in [9.17, 15) is 0 Å². The molecule has 2 aliphatic carbocycles. The van der Waals surface area contributed by atoms with Crippen LogP contribution in [0.25, 0.3) is 84.2 Å². The van der Waals surface area contributed by atoms with Gasteiger partial charge >= 0.3 is 0 Å². The lowest BCUT2D eigenvalue weighted by atomic mass is 9.68. The molecule has 1 aromatic heterocycles. The van der Waals surface area contributed by atoms with Crippen LogP contribution in [0.2, 0.25) is 0 Å². The highest BCUT2D eigenvalue weighted by Gasteiger charge is 2.54. The van der Waals surface area contributed by atoms with Gasteiger partial charge in [0.1, 0.15) is 0 Å². The number of para-hydroxylation sites is 1. The second-order valence-corrected chi connectivity index (χ2v) is 17.4. The Labute approximate surface area is 393 Å². The van der Waals surface area contributed by atoms with Crippen molar-refractivity contribution in [2.75, 3.05) is 0 Å². The maximum absolute atomic E-state index is 5.08. The Bertz CT molecular complexity index is 3370. The second-order valence-electron chi connectivity index (χ2n) is 17.4. The van der Waals surface area contributed by atoms with Gasteiger partial charge in [0, 0.05) is 28.5 Å². The van der Waals surface area contributed by atoms with E-state index in [4.69, 9.17) is 19.9 Å². The van der Waals surface area contributed by atoms with Gasteiger partial charge in [-0.1, -0.05) is 214 Å². The lowest BCUT2D eigenvalue weighted by Gasteiger charge is -2.32. The van der Waals surface area contributed by atoms with Gasteiger partial charge in [0.2, 0.25) is 0 Å². The third-order valence-electron chi connectivity index (χ3n) is 13.5. The quantitative estimate of drug-likeness (QED) is 0.136. The van der Waals surface area contributed by atoms with E-state index < -0.39 is 5.41 Å². The smallest absolute Gasteiger partial charge is 0.164 e. The molecular weight excluding hydrogens is 813 g/mol. The van der Waals surface area contributed by atoms with Crippen LogP contribution in [0, 0.1) is 6.92 Å². The molecule has 1 heterocycles. The average molecular weight is 863 g/mol. The normalized spacial score (nSPS) is 14.5. The highest BCUT2D eigenvalue weighted by Crippen LogP contribution is 2.65. The van der Waals surface area contributed by atoms with E-state index in [2.05, 4.69) is 198 Å². The largest absolute Gasteiger partial charge is 0.260 e. The summed E-state index contributed by atoms with van der Waals surface area (Å²) in [5.74, 6) is 1.89. The number of fused-ring (bicyclic) bond motifs is 7. The molecule has 322 valence electrons. The number of aromatic nitrogens is 3. The standard InChI is InChI=1S/C63H50N4/c1-5-17-51-54-25-16-23-49(58(54)63(55(51)7-3)56-26-13-11-21-52(56)53-22-12-14-27-57(53)63)44-32-28-42(29-33-44)43-30-36-47(37-31-43)61-65-60(46-19-9-8-10-20-46)66-62(67-61)48-38-34-45(35-39-48)50-24-15-18-41(4)59(50)64-40-6-2/h7-40H,5-6H2,1-4H3/b51-17-,55-7+,64-40?. The molecule has 2 aliphatic rings. The summed E-state index contributed by atoms with van der Waals surface area (Å²) in [6.45, 7) is 8.67. The summed E-state index contributed by atoms with van der Waals surface area (Å²) < 4.78 is 0. The summed E-state index contributed by atoms with van der Waals surface area (Å²) in [6.07, 6.45) is 8.60. The van der Waals surface area contributed by atoms with Crippen LogP contribution < -0.4 is 0 Å². The summed E-state index contributed by atoms with van der Waals surface area (Å²) in [6, 6.07) is 67.6. The van der Waals surface area contributed by atoms with Crippen LogP contribution in [-0.2, 0) is 5.41 Å². The number of hydrogen-bond donors (Lipinski definition) is 0. The molecule has 4 nitrogen and oxygen atoms in total. The van der Waals surface area contributed by atoms with Gasteiger partial charge in [-0.05, 0) is 105 Å². The molecule has 0 atom stereocenters. The first-order valence-corrected chi connectivity index (χ1v) is 23.5. The van der Waals surface area contributed by atoms with Gasteiger partial charge in [0.25, 0.3) is 0 Å². The predicted octanol–water partition coefficient (Wildman–Crippen LogP) is 16.4. The third-order valence-corrected chi connectivity index (χ3v) is 13.5. The minimum Gasteiger partial charge on any atom is -0.260 e. The fraction of sp³-hybridized carbons (Fsp3) is 0.111. The van der Waals surface area contributed by atoms with Gasteiger partial charge in [-0.25, -0.2) is 15.0 Å². The lowest BCUT2D eigenvalue weighted by molar-refractivity contribution is 0.794. The fourth-order valence-corrected chi connectivity index (χ4v) is 10.5. The second kappa shape index (κ2) is 17.4. The maximum atomic E-state index is 5.08. The van der Waals surface area contributed by atoms with Gasteiger partial charge in [-0.15, -0.1) is 0 Å². The number of rotatable bonds is 9. The van der Waals surface area contributed by atoms with Crippen LogP contribution in [0.5, 0.6) is 0 Å². The van der Waals surface area contributed by atoms with E-state index >= 15 is 0 Å². The zero-order valence-corrected chi connectivity index (χ0v) is 38.3. The summed E-state index contributed by atoms with van der Waals surface area (Å²) in [4.78, 5) is 19.9. The minimum absolute atomic E-state index is 0.406. The van der Waals surface area contributed by atoms with E-state index in [-0.39, 0.29) is 0 Å². The summed E-state index contributed by atoms with van der Waals surface area (Å²) in [5.41, 5.74) is 22.2. The van der Waals surface area contributed by atoms with E-state index in [1.165, 1.54) is 55.7 Å². The highest BCUT2D eigenvalue weighted by atomic mass is 15.0. The molecule has 0 unspecified atom stereocenters. The number of allylic oxidation sites excluding steroid dienone is 4. The molecule has 11 rings (SSSR count). The number of aliphatic imine (C=N–C) groups is 1. The third kappa shape index (κ3) is 6.99. The van der Waals surface area contributed by atoms with Crippen molar-refractivity contribution in [3.8, 4) is 78.7 Å². The molecule has 0 saturated heterocycles. The van der Waals surface area contributed by atoms with Crippen molar-refractivity contribution in [2.24, 2.45) is 4.99 Å². The Morgan fingerprint density at radius 2 is 0.881 bits per heavy atom. The monoisotopic (exact) mass is 862 g/mol. The average Bonchev–Trinajstić information content (AvgIpc) is 3.85. The Morgan fingerprint density at radius 3 is 1.43 bits per heavy atom. The summed E-state index contributed by atoms with van der Waals surface area (Å²) >= 11 is 0. The molecule has 0 bridgehead atoms. The SMILES string of the molecule is C/C=C1\C(=C/CC)c2cccc(-c3ccc(-c4ccc(-c5nc(-c6ccccc6)nc(-c6ccc(-c7cccc(C)c7N=CCC)cc6)n5)cc4)cc3)c2C12c1ccccc1-c1ccccc12. The van der Waals surface area contributed by atoms with E-state index in [0.29, 0.717) is 17.5 Å². The van der Waals surface area contributed by atoms with Crippen LogP contribution in [0.3, 0.4) is 0 Å². The van der Waals surface area contributed by atoms with Gasteiger partial charge in [0.15, 0.2) is 17.5 Å². The molecule has 8 aromatic carbocycles. The molecule has 0 amide bonds. The van der Waals surface area contributed by atoms with Crippen molar-refractivity contribution in [3.63, 3.8) is 0 Å². The molecule has 0 aliphatic heterocycles. The number of benzene rings is 8. The zero-order chi connectivity index (χ0) is 45.5. The van der Waals surface area contributed by atoms with Crippen LogP contribution in [-0.4, -0.2) is 21.2 Å². The molecule has 67 heavy (non-hydrogen) atoms. The van der Waals surface area contributed by atoms with Crippen LogP contribution >= 0.6 is 0 Å². The van der Waals surface area contributed by atoms with Crippen molar-refractivity contribution < 1.29 is 0 Å². The Hall–Kier alpha value is -8.08. The Morgan fingerprint density at radius 1 is 0.433 bits per heavy atom. The van der Waals surface area contributed by atoms with Crippen LogP contribution in [0.4, 0.5) is 5.69 Å². The van der Waals surface area contributed by atoms with Crippen molar-refractivity contribution in [2.45, 2.75) is 46.0 Å². The van der Waals surface area contributed by atoms with Crippen LogP contribution in [0.1, 0.15) is 61.4 Å². The molecule has 0 radical (unpaired) electrons. The van der Waals surface area contributed by atoms with Crippen molar-refractivity contribution in [1.29, 1.82) is 0 Å². The zero-order valence-electron chi connectivity index (χ0n) is 38.3. The summed E-state index contributed by atoms with van der Waals surface area (Å²) in [5, 5.41) is 0. The van der Waals surface area contributed by atoms with E-state index in [1.54, 1.807) is 0 Å². The Kier molecular flexibility index (Phi) is 10.8. The minimum atomic E-state index is -0.406. The van der Waals surface area contributed by atoms with Crippen molar-refractivity contribution in [3.05, 3.63) is 234 Å². The Balaban J connectivity index is 0.943. The molecule has 4 heteroatoms. The predicted molar refractivity (Wildman–Crippen MR) is 279 cm³/mol. The molecule has 9 aromatic rings. The van der Waals surface area contributed by atoms with E-state index in [0.717, 1.165) is 63.0 Å². The number of aryl methyl sites for hydroxylation is 1. The van der Waals surface area contributed by atoms with Crippen molar-refractivity contribution in [1.82, 2.24) is 15.0 Å². The molecule has 0 fully saturated rings. The maximum Gasteiger partial charge on any atom is 0.164 e. The molecular formula is C63H50N4.